The number of hydrogen-bond acceptors (Lipinski definition) is 1. The van der Waals surface area contributed by atoms with Gasteiger partial charge in [-0.25, -0.2) is 0 Å². The minimum absolute atomic E-state index is 0.630. The first-order valence-electron chi connectivity index (χ1n) is 5.42. The molecule has 0 amide bonds. The van der Waals surface area contributed by atoms with E-state index in [-0.39, 0.29) is 0 Å². The van der Waals surface area contributed by atoms with Crippen LogP contribution >= 0.6 is 27.7 Å². The maximum atomic E-state index is 3.51. The average molecular weight is 287 g/mol. The number of alkyl halides is 1. The van der Waals surface area contributed by atoms with E-state index in [0.29, 0.717) is 5.92 Å². The lowest BCUT2D eigenvalue weighted by molar-refractivity contribution is 0.770. The molecule has 0 aliphatic heterocycles. The highest BCUT2D eigenvalue weighted by Crippen LogP contribution is 2.23. The van der Waals surface area contributed by atoms with Gasteiger partial charge in [0.15, 0.2) is 0 Å². The molecule has 0 spiro atoms. The van der Waals surface area contributed by atoms with Gasteiger partial charge < -0.3 is 0 Å². The molecule has 2 heteroatoms. The fourth-order valence-corrected chi connectivity index (χ4v) is 2.69. The van der Waals surface area contributed by atoms with Crippen LogP contribution in [0.3, 0.4) is 0 Å². The van der Waals surface area contributed by atoms with Gasteiger partial charge in [-0.1, -0.05) is 48.8 Å². The van der Waals surface area contributed by atoms with Gasteiger partial charge in [-0.2, -0.15) is 0 Å². The summed E-state index contributed by atoms with van der Waals surface area (Å²) >= 11 is 5.45. The summed E-state index contributed by atoms with van der Waals surface area (Å²) in [6.07, 6.45) is 0. The Morgan fingerprint density at radius 2 is 1.73 bits per heavy atom. The van der Waals surface area contributed by atoms with Gasteiger partial charge in [-0.05, 0) is 29.5 Å². The van der Waals surface area contributed by atoms with Gasteiger partial charge in [-0.3, -0.25) is 0 Å². The van der Waals surface area contributed by atoms with Gasteiger partial charge in [0.25, 0.3) is 0 Å². The second-order valence-electron chi connectivity index (χ2n) is 4.29. The fourth-order valence-electron chi connectivity index (χ4n) is 1.23. The molecule has 1 unspecified atom stereocenters. The van der Waals surface area contributed by atoms with E-state index in [1.54, 1.807) is 0 Å². The number of rotatable bonds is 5. The molecule has 1 rings (SSSR count). The number of halogens is 1. The predicted molar refractivity (Wildman–Crippen MR) is 74.2 cm³/mol. The zero-order valence-corrected chi connectivity index (χ0v) is 12.1. The Morgan fingerprint density at radius 1 is 1.13 bits per heavy atom. The molecule has 15 heavy (non-hydrogen) atoms. The maximum Gasteiger partial charge on any atom is 0.00722 e. The van der Waals surface area contributed by atoms with Crippen molar-refractivity contribution in [3.8, 4) is 0 Å². The quantitative estimate of drug-likeness (QED) is 0.546. The first-order valence-corrected chi connectivity index (χ1v) is 7.53. The van der Waals surface area contributed by atoms with Crippen molar-refractivity contribution in [1.29, 1.82) is 0 Å². The van der Waals surface area contributed by atoms with Crippen LogP contribution in [-0.4, -0.2) is 11.1 Å². The molecule has 1 aromatic carbocycles. The van der Waals surface area contributed by atoms with Gasteiger partial charge in [0.05, 0.1) is 0 Å². The van der Waals surface area contributed by atoms with E-state index in [4.69, 9.17) is 0 Å². The first-order chi connectivity index (χ1) is 7.13. The highest BCUT2D eigenvalue weighted by Gasteiger charge is 2.02. The zero-order valence-electron chi connectivity index (χ0n) is 9.66. The fraction of sp³-hybridized carbons (Fsp3) is 0.538. The Kier molecular flexibility index (Phi) is 5.77. The molecule has 0 aromatic heterocycles. The molecule has 84 valence electrons. The Morgan fingerprint density at radius 3 is 2.20 bits per heavy atom. The molecule has 1 aromatic rings. The molecule has 0 saturated carbocycles. The second-order valence-corrected chi connectivity index (χ2v) is 6.04. The summed E-state index contributed by atoms with van der Waals surface area (Å²) < 4.78 is 0. The van der Waals surface area contributed by atoms with Crippen molar-refractivity contribution in [3.05, 3.63) is 29.8 Å². The Balaban J connectivity index is 2.50. The third kappa shape index (κ3) is 4.60. The van der Waals surface area contributed by atoms with E-state index >= 15 is 0 Å². The normalized spacial score (nSPS) is 13.1. The number of thioether (sulfide) groups is 1. The van der Waals surface area contributed by atoms with E-state index in [1.807, 2.05) is 11.8 Å². The van der Waals surface area contributed by atoms with E-state index in [1.165, 1.54) is 16.2 Å². The van der Waals surface area contributed by atoms with Gasteiger partial charge in [0.2, 0.25) is 0 Å². The van der Waals surface area contributed by atoms with Crippen LogP contribution in [0.15, 0.2) is 29.2 Å². The van der Waals surface area contributed by atoms with E-state index in [2.05, 4.69) is 61.0 Å². The molecule has 0 fully saturated rings. The highest BCUT2D eigenvalue weighted by molar-refractivity contribution is 9.09. The van der Waals surface area contributed by atoms with E-state index in [9.17, 15) is 0 Å². The molecular weight excluding hydrogens is 268 g/mol. The number of hydrogen-bond donors (Lipinski definition) is 0. The van der Waals surface area contributed by atoms with Gasteiger partial charge >= 0.3 is 0 Å². The molecular formula is C13H19BrS. The van der Waals surface area contributed by atoms with Crippen LogP contribution in [0.5, 0.6) is 0 Å². The van der Waals surface area contributed by atoms with Gasteiger partial charge in [-0.15, -0.1) is 11.8 Å². The van der Waals surface area contributed by atoms with Crippen LogP contribution in [0.4, 0.5) is 0 Å². The summed E-state index contributed by atoms with van der Waals surface area (Å²) in [6.45, 7) is 6.73. The third-order valence-corrected chi connectivity index (χ3v) is 4.79. The van der Waals surface area contributed by atoms with Crippen molar-refractivity contribution in [2.75, 3.05) is 11.1 Å². The van der Waals surface area contributed by atoms with Crippen LogP contribution in [0.1, 0.15) is 32.3 Å². The van der Waals surface area contributed by atoms with Crippen molar-refractivity contribution < 1.29 is 0 Å². The van der Waals surface area contributed by atoms with E-state index in [0.717, 1.165) is 11.2 Å². The van der Waals surface area contributed by atoms with Crippen LogP contribution in [0, 0.1) is 5.92 Å². The van der Waals surface area contributed by atoms with Crippen LogP contribution in [0.25, 0.3) is 0 Å². The molecule has 0 nitrogen and oxygen atoms in total. The highest BCUT2D eigenvalue weighted by atomic mass is 79.9. The first kappa shape index (κ1) is 13.1. The molecule has 0 bridgehead atoms. The van der Waals surface area contributed by atoms with Crippen molar-refractivity contribution in [3.63, 3.8) is 0 Å². The van der Waals surface area contributed by atoms with Crippen LogP contribution in [0.2, 0.25) is 0 Å². The minimum Gasteiger partial charge on any atom is -0.126 e. The monoisotopic (exact) mass is 286 g/mol. The van der Waals surface area contributed by atoms with Crippen LogP contribution in [-0.2, 0) is 0 Å². The predicted octanol–water partition coefficient (Wildman–Crippen LogP) is 4.93. The molecule has 1 atom stereocenters. The molecule has 0 N–H and O–H groups in total. The summed E-state index contributed by atoms with van der Waals surface area (Å²) in [7, 11) is 0. The Bertz CT molecular complexity index is 279. The lowest BCUT2D eigenvalue weighted by Gasteiger charge is -2.09. The van der Waals surface area contributed by atoms with Crippen LogP contribution < -0.4 is 0 Å². The summed E-state index contributed by atoms with van der Waals surface area (Å²) in [5.41, 5.74) is 1.42. The summed E-state index contributed by atoms with van der Waals surface area (Å²) in [6, 6.07) is 8.96. The van der Waals surface area contributed by atoms with Crippen molar-refractivity contribution in [2.45, 2.75) is 31.6 Å². The minimum atomic E-state index is 0.630. The summed E-state index contributed by atoms with van der Waals surface area (Å²) in [4.78, 5) is 1.38. The van der Waals surface area contributed by atoms with E-state index < -0.39 is 0 Å². The van der Waals surface area contributed by atoms with Gasteiger partial charge in [0.1, 0.15) is 0 Å². The molecule has 0 aliphatic carbocycles. The average Bonchev–Trinajstić information content (AvgIpc) is 2.26. The second kappa shape index (κ2) is 6.59. The lowest BCUT2D eigenvalue weighted by Crippen LogP contribution is -1.98. The Hall–Kier alpha value is 0.0500. The number of benzene rings is 1. The lowest BCUT2D eigenvalue weighted by atomic mass is 10.0. The maximum absolute atomic E-state index is 3.51. The summed E-state index contributed by atoms with van der Waals surface area (Å²) in [5.74, 6) is 2.55. The smallest absolute Gasteiger partial charge is 0.00722 e. The molecule has 0 saturated heterocycles. The Labute approximate surface area is 106 Å². The topological polar surface area (TPSA) is 0 Å². The molecule has 0 radical (unpaired) electrons. The SMILES string of the molecule is CC(CBr)CSc1ccc(C(C)C)cc1. The largest absolute Gasteiger partial charge is 0.126 e. The van der Waals surface area contributed by atoms with Crippen molar-refractivity contribution in [1.82, 2.24) is 0 Å². The molecule has 0 heterocycles. The molecule has 0 aliphatic rings. The van der Waals surface area contributed by atoms with Crippen molar-refractivity contribution >= 4 is 27.7 Å². The zero-order chi connectivity index (χ0) is 11.3. The van der Waals surface area contributed by atoms with Gasteiger partial charge in [0, 0.05) is 16.0 Å². The van der Waals surface area contributed by atoms with Crippen molar-refractivity contribution in [2.24, 2.45) is 5.92 Å². The third-order valence-electron chi connectivity index (χ3n) is 2.34. The summed E-state index contributed by atoms with van der Waals surface area (Å²) in [5, 5.41) is 1.09. The standard InChI is InChI=1S/C13H19BrS/c1-10(2)12-4-6-13(7-5-12)15-9-11(3)8-14/h4-7,10-11H,8-9H2,1-3H3.